The van der Waals surface area contributed by atoms with E-state index in [-0.39, 0.29) is 16.7 Å². The molecule has 1 unspecified atom stereocenters. The SMILES string of the molecule is Cc1cc(/C(O)=C2/C(=O)C(=O)N(c3ccc(C(C)(C)C)cc3)C2c2ccccn2)ccc1OCC(C)C. The number of ether oxygens (including phenoxy) is 1. The van der Waals surface area contributed by atoms with E-state index in [0.29, 0.717) is 35.2 Å². The van der Waals surface area contributed by atoms with Crippen molar-refractivity contribution in [2.24, 2.45) is 5.92 Å². The Bertz CT molecular complexity index is 1340. The van der Waals surface area contributed by atoms with Crippen molar-refractivity contribution in [1.29, 1.82) is 0 Å². The summed E-state index contributed by atoms with van der Waals surface area (Å²) in [6.45, 7) is 12.9. The number of carbonyl (C=O) groups is 2. The van der Waals surface area contributed by atoms with E-state index in [0.717, 1.165) is 11.1 Å². The molecule has 0 spiro atoms. The number of ketones is 1. The topological polar surface area (TPSA) is 79.7 Å². The molecule has 1 fully saturated rings. The highest BCUT2D eigenvalue weighted by molar-refractivity contribution is 6.51. The monoisotopic (exact) mass is 498 g/mol. The van der Waals surface area contributed by atoms with E-state index in [1.54, 1.807) is 42.6 Å². The fourth-order valence-corrected chi connectivity index (χ4v) is 4.41. The lowest BCUT2D eigenvalue weighted by Gasteiger charge is -2.26. The Morgan fingerprint density at radius 2 is 1.76 bits per heavy atom. The van der Waals surface area contributed by atoms with E-state index >= 15 is 0 Å². The van der Waals surface area contributed by atoms with E-state index in [1.165, 1.54) is 4.90 Å². The number of rotatable bonds is 6. The molecule has 1 saturated heterocycles. The molecule has 0 saturated carbocycles. The molecule has 3 aromatic rings. The number of Topliss-reactive ketones (excluding diaryl/α,β-unsaturated/α-hetero) is 1. The second-order valence-electron chi connectivity index (χ2n) is 10.9. The molecule has 0 bridgehead atoms. The van der Waals surface area contributed by atoms with Crippen LogP contribution in [0.3, 0.4) is 0 Å². The largest absolute Gasteiger partial charge is 0.507 e. The number of nitrogens with zero attached hydrogens (tertiary/aromatic N) is 2. The van der Waals surface area contributed by atoms with Crippen LogP contribution in [0.2, 0.25) is 0 Å². The van der Waals surface area contributed by atoms with Crippen LogP contribution in [0.5, 0.6) is 5.75 Å². The summed E-state index contributed by atoms with van der Waals surface area (Å²) in [6, 6.07) is 17.3. The van der Waals surface area contributed by atoms with Crippen molar-refractivity contribution in [2.45, 2.75) is 53.0 Å². The van der Waals surface area contributed by atoms with Gasteiger partial charge in [0.25, 0.3) is 11.7 Å². The second kappa shape index (κ2) is 10.2. The Hall–Kier alpha value is -3.93. The zero-order valence-corrected chi connectivity index (χ0v) is 22.3. The molecule has 6 nitrogen and oxygen atoms in total. The number of aromatic nitrogens is 1. The summed E-state index contributed by atoms with van der Waals surface area (Å²) in [5, 5.41) is 11.4. The van der Waals surface area contributed by atoms with Crippen LogP contribution in [-0.4, -0.2) is 28.4 Å². The van der Waals surface area contributed by atoms with Crippen LogP contribution in [0.25, 0.3) is 5.76 Å². The fraction of sp³-hybridized carbons (Fsp3) is 0.323. The Morgan fingerprint density at radius 3 is 2.32 bits per heavy atom. The van der Waals surface area contributed by atoms with Crippen molar-refractivity contribution in [3.8, 4) is 5.75 Å². The zero-order valence-electron chi connectivity index (χ0n) is 22.3. The van der Waals surface area contributed by atoms with Gasteiger partial charge >= 0.3 is 0 Å². The third-order valence-corrected chi connectivity index (χ3v) is 6.44. The predicted octanol–water partition coefficient (Wildman–Crippen LogP) is 6.35. The van der Waals surface area contributed by atoms with Gasteiger partial charge in [0.1, 0.15) is 17.6 Å². The highest BCUT2D eigenvalue weighted by Crippen LogP contribution is 2.42. The molecule has 2 aromatic carbocycles. The number of aliphatic hydroxyl groups excluding tert-OH is 1. The third kappa shape index (κ3) is 5.29. The molecule has 6 heteroatoms. The smallest absolute Gasteiger partial charge is 0.300 e. The van der Waals surface area contributed by atoms with Gasteiger partial charge in [-0.1, -0.05) is 52.8 Å². The number of aryl methyl sites for hydroxylation is 1. The fourth-order valence-electron chi connectivity index (χ4n) is 4.41. The van der Waals surface area contributed by atoms with Gasteiger partial charge in [0, 0.05) is 17.4 Å². The first kappa shape index (κ1) is 26.1. The second-order valence-corrected chi connectivity index (χ2v) is 10.9. The van der Waals surface area contributed by atoms with Gasteiger partial charge in [0.05, 0.1) is 17.9 Å². The minimum atomic E-state index is -0.862. The number of hydrogen-bond donors (Lipinski definition) is 1. The van der Waals surface area contributed by atoms with Crippen LogP contribution in [-0.2, 0) is 15.0 Å². The van der Waals surface area contributed by atoms with Crippen LogP contribution in [0.15, 0.2) is 72.4 Å². The summed E-state index contributed by atoms with van der Waals surface area (Å²) in [4.78, 5) is 32.6. The number of hydrogen-bond acceptors (Lipinski definition) is 5. The van der Waals surface area contributed by atoms with Crippen molar-refractivity contribution in [2.75, 3.05) is 11.5 Å². The van der Waals surface area contributed by atoms with Crippen LogP contribution in [0.1, 0.15) is 63.0 Å². The van der Waals surface area contributed by atoms with Gasteiger partial charge in [-0.05, 0) is 71.8 Å². The van der Waals surface area contributed by atoms with Crippen molar-refractivity contribution >= 4 is 23.1 Å². The molecule has 1 aliphatic rings. The molecule has 0 aliphatic carbocycles. The first-order chi connectivity index (χ1) is 17.5. The molecule has 192 valence electrons. The maximum atomic E-state index is 13.4. The van der Waals surface area contributed by atoms with Gasteiger partial charge in [0.2, 0.25) is 0 Å². The van der Waals surface area contributed by atoms with Crippen molar-refractivity contribution in [3.63, 3.8) is 0 Å². The quantitative estimate of drug-likeness (QED) is 0.243. The summed E-state index contributed by atoms with van der Waals surface area (Å²) in [5.74, 6) is -0.591. The van der Waals surface area contributed by atoms with Gasteiger partial charge in [0.15, 0.2) is 0 Å². The molecule has 1 aromatic heterocycles. The summed E-state index contributed by atoms with van der Waals surface area (Å²) in [6.07, 6.45) is 1.61. The van der Waals surface area contributed by atoms with E-state index in [4.69, 9.17) is 4.74 Å². The van der Waals surface area contributed by atoms with Crippen LogP contribution < -0.4 is 9.64 Å². The summed E-state index contributed by atoms with van der Waals surface area (Å²) < 4.78 is 5.86. The molecule has 37 heavy (non-hydrogen) atoms. The van der Waals surface area contributed by atoms with Crippen LogP contribution >= 0.6 is 0 Å². The summed E-state index contributed by atoms with van der Waals surface area (Å²) in [5.41, 5.74) is 3.39. The standard InChI is InChI=1S/C31H34N2O4/c1-19(2)18-37-25-15-10-21(17-20(25)3)28(34)26-27(24-9-7-8-16-32-24)33(30(36)29(26)35)23-13-11-22(12-14-23)31(4,5)6/h7-17,19,27,34H,18H2,1-6H3/b28-26-. The Labute approximate surface area is 218 Å². The van der Waals surface area contributed by atoms with Gasteiger partial charge in [-0.15, -0.1) is 0 Å². The Balaban J connectivity index is 1.82. The first-order valence-electron chi connectivity index (χ1n) is 12.6. The molecular weight excluding hydrogens is 464 g/mol. The Morgan fingerprint density at radius 1 is 1.05 bits per heavy atom. The number of carbonyl (C=O) groups excluding carboxylic acids is 2. The van der Waals surface area contributed by atoms with Crippen LogP contribution in [0, 0.1) is 12.8 Å². The number of amides is 1. The molecule has 1 N–H and O–H groups in total. The van der Waals surface area contributed by atoms with E-state index in [1.807, 2.05) is 31.2 Å². The van der Waals surface area contributed by atoms with Gasteiger partial charge in [-0.3, -0.25) is 19.5 Å². The molecular formula is C31H34N2O4. The lowest BCUT2D eigenvalue weighted by atomic mass is 9.87. The van der Waals surface area contributed by atoms with Gasteiger partial charge in [-0.2, -0.15) is 0 Å². The maximum Gasteiger partial charge on any atom is 0.300 e. The van der Waals surface area contributed by atoms with Gasteiger partial charge < -0.3 is 9.84 Å². The first-order valence-corrected chi connectivity index (χ1v) is 12.6. The minimum absolute atomic E-state index is 0.0128. The minimum Gasteiger partial charge on any atom is -0.507 e. The molecule has 0 radical (unpaired) electrons. The molecule has 1 amide bonds. The average Bonchev–Trinajstić information content (AvgIpc) is 3.13. The lowest BCUT2D eigenvalue weighted by Crippen LogP contribution is -2.30. The highest BCUT2D eigenvalue weighted by Gasteiger charge is 2.47. The zero-order chi connectivity index (χ0) is 26.9. The average molecular weight is 499 g/mol. The van der Waals surface area contributed by atoms with Crippen molar-refractivity contribution in [3.05, 3.63) is 94.8 Å². The van der Waals surface area contributed by atoms with E-state index in [9.17, 15) is 14.7 Å². The summed E-state index contributed by atoms with van der Waals surface area (Å²) in [7, 11) is 0. The van der Waals surface area contributed by atoms with E-state index < -0.39 is 17.7 Å². The summed E-state index contributed by atoms with van der Waals surface area (Å²) >= 11 is 0. The Kier molecular flexibility index (Phi) is 7.21. The molecule has 1 atom stereocenters. The number of pyridine rings is 1. The number of anilines is 1. The third-order valence-electron chi connectivity index (χ3n) is 6.44. The molecule has 1 aliphatic heterocycles. The molecule has 4 rings (SSSR count). The predicted molar refractivity (Wildman–Crippen MR) is 146 cm³/mol. The normalized spacial score (nSPS) is 17.5. The maximum absolute atomic E-state index is 13.4. The van der Waals surface area contributed by atoms with Crippen molar-refractivity contribution in [1.82, 2.24) is 4.98 Å². The van der Waals surface area contributed by atoms with Crippen molar-refractivity contribution < 1.29 is 19.4 Å². The van der Waals surface area contributed by atoms with Crippen LogP contribution in [0.4, 0.5) is 5.69 Å². The molecule has 2 heterocycles. The van der Waals surface area contributed by atoms with E-state index in [2.05, 4.69) is 39.6 Å². The number of benzene rings is 2. The number of aliphatic hydroxyl groups is 1. The highest BCUT2D eigenvalue weighted by atomic mass is 16.5. The van der Waals surface area contributed by atoms with Gasteiger partial charge in [-0.25, -0.2) is 0 Å². The lowest BCUT2D eigenvalue weighted by molar-refractivity contribution is -0.132.